The van der Waals surface area contributed by atoms with Crippen molar-refractivity contribution in [2.75, 3.05) is 7.11 Å². The van der Waals surface area contributed by atoms with Gasteiger partial charge in [0.1, 0.15) is 11.5 Å². The lowest BCUT2D eigenvalue weighted by Gasteiger charge is -2.23. The third-order valence-corrected chi connectivity index (χ3v) is 3.96. The predicted molar refractivity (Wildman–Crippen MR) is 90.7 cm³/mol. The number of ether oxygens (including phenoxy) is 1. The van der Waals surface area contributed by atoms with Crippen LogP contribution < -0.4 is 4.74 Å². The lowest BCUT2D eigenvalue weighted by Crippen LogP contribution is -2.31. The number of nitrogens with zero attached hydrogens (tertiary/aromatic N) is 2. The number of carbonyl (C=O) groups is 1. The molecule has 0 saturated carbocycles. The standard InChI is InChI=1S/C19H20N2O3/c1-20-11-5-7-15(20)13-21(14-16-8-6-12-24-16)19(22)17-9-3-4-10-18(17)23-2/h3-12H,13-14H2,1-2H3. The zero-order chi connectivity index (χ0) is 16.9. The number of hydrogen-bond acceptors (Lipinski definition) is 3. The van der Waals surface area contributed by atoms with Crippen LogP contribution in [0.25, 0.3) is 0 Å². The topological polar surface area (TPSA) is 47.6 Å². The summed E-state index contributed by atoms with van der Waals surface area (Å²) in [6, 6.07) is 14.9. The van der Waals surface area contributed by atoms with Gasteiger partial charge in [-0.1, -0.05) is 12.1 Å². The Kier molecular flexibility index (Phi) is 4.70. The highest BCUT2D eigenvalue weighted by Gasteiger charge is 2.21. The third kappa shape index (κ3) is 3.35. The molecule has 124 valence electrons. The summed E-state index contributed by atoms with van der Waals surface area (Å²) in [5.74, 6) is 1.22. The van der Waals surface area contributed by atoms with Gasteiger partial charge in [0.15, 0.2) is 0 Å². The second kappa shape index (κ2) is 7.08. The molecule has 0 fully saturated rings. The van der Waals surface area contributed by atoms with Gasteiger partial charge >= 0.3 is 0 Å². The van der Waals surface area contributed by atoms with Crippen molar-refractivity contribution in [3.05, 3.63) is 78.0 Å². The van der Waals surface area contributed by atoms with E-state index in [9.17, 15) is 4.79 Å². The highest BCUT2D eigenvalue weighted by Crippen LogP contribution is 2.22. The van der Waals surface area contributed by atoms with Gasteiger partial charge < -0.3 is 18.6 Å². The zero-order valence-corrected chi connectivity index (χ0v) is 13.8. The minimum atomic E-state index is -0.0925. The Bertz CT molecular complexity index is 806. The van der Waals surface area contributed by atoms with E-state index < -0.39 is 0 Å². The average Bonchev–Trinajstić information content (AvgIpc) is 3.26. The van der Waals surface area contributed by atoms with Crippen LogP contribution in [0.3, 0.4) is 0 Å². The summed E-state index contributed by atoms with van der Waals surface area (Å²) in [6.45, 7) is 0.885. The van der Waals surface area contributed by atoms with Gasteiger partial charge in [-0.15, -0.1) is 0 Å². The highest BCUT2D eigenvalue weighted by molar-refractivity contribution is 5.96. The number of aromatic nitrogens is 1. The fourth-order valence-electron chi connectivity index (χ4n) is 2.64. The largest absolute Gasteiger partial charge is 0.496 e. The fourth-order valence-corrected chi connectivity index (χ4v) is 2.64. The highest BCUT2D eigenvalue weighted by atomic mass is 16.5. The number of para-hydroxylation sites is 1. The summed E-state index contributed by atoms with van der Waals surface area (Å²) in [4.78, 5) is 14.8. The Morgan fingerprint density at radius 2 is 1.96 bits per heavy atom. The average molecular weight is 324 g/mol. The fraction of sp³-hybridized carbons (Fsp3) is 0.211. The molecule has 0 bridgehead atoms. The molecular weight excluding hydrogens is 304 g/mol. The van der Waals surface area contributed by atoms with Gasteiger partial charge in [-0.25, -0.2) is 0 Å². The van der Waals surface area contributed by atoms with Crippen LogP contribution in [0.5, 0.6) is 5.75 Å². The molecule has 0 N–H and O–H groups in total. The number of amides is 1. The second-order valence-electron chi connectivity index (χ2n) is 5.55. The summed E-state index contributed by atoms with van der Waals surface area (Å²) in [7, 11) is 3.54. The van der Waals surface area contributed by atoms with Crippen molar-refractivity contribution in [1.82, 2.24) is 9.47 Å². The summed E-state index contributed by atoms with van der Waals surface area (Å²) < 4.78 is 12.8. The SMILES string of the molecule is COc1ccccc1C(=O)N(Cc1ccco1)Cc1cccn1C. The van der Waals surface area contributed by atoms with Crippen molar-refractivity contribution in [1.29, 1.82) is 0 Å². The second-order valence-corrected chi connectivity index (χ2v) is 5.55. The van der Waals surface area contributed by atoms with E-state index in [4.69, 9.17) is 9.15 Å². The number of carbonyl (C=O) groups excluding carboxylic acids is 1. The first-order valence-electron chi connectivity index (χ1n) is 7.74. The van der Waals surface area contributed by atoms with Crippen molar-refractivity contribution in [2.24, 2.45) is 7.05 Å². The molecule has 0 saturated heterocycles. The predicted octanol–water partition coefficient (Wildman–Crippen LogP) is 3.47. The number of benzene rings is 1. The lowest BCUT2D eigenvalue weighted by molar-refractivity contribution is 0.0710. The van der Waals surface area contributed by atoms with E-state index in [-0.39, 0.29) is 5.91 Å². The molecule has 5 heteroatoms. The maximum Gasteiger partial charge on any atom is 0.258 e. The van der Waals surface area contributed by atoms with Gasteiger partial charge in [-0.2, -0.15) is 0 Å². The molecule has 24 heavy (non-hydrogen) atoms. The van der Waals surface area contributed by atoms with Gasteiger partial charge in [-0.3, -0.25) is 4.79 Å². The Hall–Kier alpha value is -2.95. The van der Waals surface area contributed by atoms with Crippen molar-refractivity contribution in [3.63, 3.8) is 0 Å². The smallest absolute Gasteiger partial charge is 0.258 e. The summed E-state index contributed by atoms with van der Waals surface area (Å²) >= 11 is 0. The van der Waals surface area contributed by atoms with Crippen LogP contribution in [0, 0.1) is 0 Å². The number of furan rings is 1. The van der Waals surface area contributed by atoms with Crippen LogP contribution in [0.4, 0.5) is 0 Å². The first-order chi connectivity index (χ1) is 11.7. The lowest BCUT2D eigenvalue weighted by atomic mass is 10.1. The summed E-state index contributed by atoms with van der Waals surface area (Å²) in [5, 5.41) is 0. The molecule has 0 aliphatic rings. The van der Waals surface area contributed by atoms with Crippen LogP contribution in [0.15, 0.2) is 65.4 Å². The number of hydrogen-bond donors (Lipinski definition) is 0. The summed E-state index contributed by atoms with van der Waals surface area (Å²) in [5.41, 5.74) is 1.59. The Labute approximate surface area is 141 Å². The maximum absolute atomic E-state index is 13.1. The van der Waals surface area contributed by atoms with Gasteiger partial charge in [0.2, 0.25) is 0 Å². The van der Waals surface area contributed by atoms with E-state index in [1.807, 2.05) is 54.2 Å². The molecule has 0 spiro atoms. The van der Waals surface area contributed by atoms with E-state index >= 15 is 0 Å². The molecule has 1 amide bonds. The number of aryl methyl sites for hydroxylation is 1. The van der Waals surface area contributed by atoms with E-state index in [0.717, 1.165) is 11.5 Å². The van der Waals surface area contributed by atoms with E-state index in [2.05, 4.69) is 0 Å². The Balaban J connectivity index is 1.91. The number of methoxy groups -OCH3 is 1. The minimum absolute atomic E-state index is 0.0925. The monoisotopic (exact) mass is 324 g/mol. The zero-order valence-electron chi connectivity index (χ0n) is 13.8. The van der Waals surface area contributed by atoms with Crippen LogP contribution in [0.1, 0.15) is 21.8 Å². The molecule has 3 rings (SSSR count). The maximum atomic E-state index is 13.1. The normalized spacial score (nSPS) is 10.6. The molecule has 2 heterocycles. The molecule has 0 radical (unpaired) electrons. The van der Waals surface area contributed by atoms with Crippen LogP contribution >= 0.6 is 0 Å². The molecule has 1 aromatic carbocycles. The van der Waals surface area contributed by atoms with Crippen molar-refractivity contribution in [2.45, 2.75) is 13.1 Å². The summed E-state index contributed by atoms with van der Waals surface area (Å²) in [6.07, 6.45) is 3.58. The molecular formula is C19H20N2O3. The van der Waals surface area contributed by atoms with Crippen LogP contribution in [0.2, 0.25) is 0 Å². The van der Waals surface area contributed by atoms with Crippen LogP contribution in [-0.4, -0.2) is 22.5 Å². The van der Waals surface area contributed by atoms with Gasteiger partial charge in [0, 0.05) is 18.9 Å². The van der Waals surface area contributed by atoms with Crippen molar-refractivity contribution in [3.8, 4) is 5.75 Å². The molecule has 0 aliphatic carbocycles. The Morgan fingerprint density at radius 1 is 1.12 bits per heavy atom. The van der Waals surface area contributed by atoms with E-state index in [1.165, 1.54) is 0 Å². The van der Waals surface area contributed by atoms with E-state index in [0.29, 0.717) is 24.4 Å². The Morgan fingerprint density at radius 3 is 2.62 bits per heavy atom. The van der Waals surface area contributed by atoms with E-state index in [1.54, 1.807) is 30.4 Å². The first kappa shape index (κ1) is 15.9. The van der Waals surface area contributed by atoms with Crippen molar-refractivity contribution >= 4 is 5.91 Å². The molecule has 0 unspecified atom stereocenters. The van der Waals surface area contributed by atoms with Gasteiger partial charge in [-0.05, 0) is 36.4 Å². The molecule has 3 aromatic rings. The van der Waals surface area contributed by atoms with Crippen molar-refractivity contribution < 1.29 is 13.9 Å². The minimum Gasteiger partial charge on any atom is -0.496 e. The number of rotatable bonds is 6. The molecule has 2 aromatic heterocycles. The van der Waals surface area contributed by atoms with Crippen LogP contribution in [-0.2, 0) is 20.1 Å². The van der Waals surface area contributed by atoms with Gasteiger partial charge in [0.25, 0.3) is 5.91 Å². The first-order valence-corrected chi connectivity index (χ1v) is 7.74. The molecule has 0 atom stereocenters. The quantitative estimate of drug-likeness (QED) is 0.697. The third-order valence-electron chi connectivity index (χ3n) is 3.96. The molecule has 0 aliphatic heterocycles. The molecule has 5 nitrogen and oxygen atoms in total. The van der Waals surface area contributed by atoms with Gasteiger partial charge in [0.05, 0.1) is 32.0 Å².